The Morgan fingerprint density at radius 2 is 0.631 bits per heavy atom. The normalized spacial score (nSPS) is 15.3. The van der Waals surface area contributed by atoms with Crippen molar-refractivity contribution in [3.05, 3.63) is 467 Å². The number of nitrogens with zero attached hydrogens (tertiary/aromatic N) is 2. The van der Waals surface area contributed by atoms with Gasteiger partial charge in [0.05, 0.1) is 10.8 Å². The minimum absolute atomic E-state index is 0.0309. The van der Waals surface area contributed by atoms with Gasteiger partial charge in [-0.1, -0.05) is 348 Å². The molecule has 0 spiro atoms. The topological polar surface area (TPSA) is 24.9 Å². The van der Waals surface area contributed by atoms with Crippen LogP contribution in [0.4, 0.5) is 34.1 Å². The van der Waals surface area contributed by atoms with Gasteiger partial charge in [0.1, 0.15) is 23.0 Å². The molecule has 0 saturated heterocycles. The summed E-state index contributed by atoms with van der Waals surface area (Å²) in [7, 11) is 0. The molecule has 0 aromatic heterocycles. The van der Waals surface area contributed by atoms with E-state index < -0.39 is 10.8 Å². The molecule has 0 heterocycles. The lowest BCUT2D eigenvalue weighted by Crippen LogP contribution is -2.29. The first-order chi connectivity index (χ1) is 59.3. The molecule has 16 aromatic carbocycles. The Hall–Kier alpha value is -13.3. The number of ether oxygens (including phenoxy) is 2. The molecule has 4 heteroatoms. The quantitative estimate of drug-likeness (QED) is 0.0569. The van der Waals surface area contributed by atoms with Crippen LogP contribution in [0, 0.1) is 24.7 Å². The lowest BCUT2D eigenvalue weighted by Gasteiger charge is -2.35. The molecule has 122 heavy (non-hydrogen) atoms. The van der Waals surface area contributed by atoms with Crippen LogP contribution < -0.4 is 19.3 Å². The number of hydrogen-bond acceptors (Lipinski definition) is 4. The van der Waals surface area contributed by atoms with E-state index in [1.165, 1.54) is 117 Å². The third-order valence-electron chi connectivity index (χ3n) is 25.8. The Bertz CT molecular complexity index is 6310. The van der Waals surface area contributed by atoms with E-state index in [1.807, 2.05) is 0 Å². The maximum absolute atomic E-state index is 6.92. The minimum atomic E-state index is -0.689. The maximum Gasteiger partial charge on any atom is 0.127 e. The van der Waals surface area contributed by atoms with E-state index >= 15 is 0 Å². The van der Waals surface area contributed by atoms with E-state index in [0.717, 1.165) is 76.4 Å². The van der Waals surface area contributed by atoms with Crippen molar-refractivity contribution in [2.75, 3.05) is 9.80 Å². The second-order valence-electron chi connectivity index (χ2n) is 36.4. The molecule has 0 N–H and O–H groups in total. The molecule has 0 amide bonds. The maximum atomic E-state index is 6.92. The molecule has 16 aromatic rings. The van der Waals surface area contributed by atoms with Gasteiger partial charge in [0.15, 0.2) is 0 Å². The molecule has 4 unspecified atom stereocenters. The molecule has 0 bridgehead atoms. The van der Waals surface area contributed by atoms with Crippen molar-refractivity contribution in [2.45, 2.75) is 123 Å². The average molecular weight is 1590 g/mol. The van der Waals surface area contributed by atoms with Gasteiger partial charge >= 0.3 is 0 Å². The summed E-state index contributed by atoms with van der Waals surface area (Å²) in [5, 5.41) is 0. The van der Waals surface area contributed by atoms with Crippen LogP contribution in [0.25, 0.3) is 44.5 Å². The van der Waals surface area contributed by atoms with Crippen LogP contribution >= 0.6 is 0 Å². The number of para-hydroxylation sites is 1. The molecule has 2 aliphatic rings. The predicted octanol–water partition coefficient (Wildman–Crippen LogP) is 32.2. The number of benzene rings is 16. The van der Waals surface area contributed by atoms with Gasteiger partial charge < -0.3 is 19.3 Å². The monoisotopic (exact) mass is 1580 g/mol. The van der Waals surface area contributed by atoms with Crippen molar-refractivity contribution in [1.29, 1.82) is 0 Å². The zero-order valence-corrected chi connectivity index (χ0v) is 72.2. The second kappa shape index (κ2) is 33.4. The van der Waals surface area contributed by atoms with Gasteiger partial charge in [-0.2, -0.15) is 0 Å². The summed E-state index contributed by atoms with van der Waals surface area (Å²) in [6.07, 6.45) is 3.01. The highest BCUT2D eigenvalue weighted by atomic mass is 16.5. The molecule has 18 rings (SSSR count). The predicted molar refractivity (Wildman–Crippen MR) is 512 cm³/mol. The van der Waals surface area contributed by atoms with Crippen molar-refractivity contribution < 1.29 is 9.47 Å². The second-order valence-corrected chi connectivity index (χ2v) is 36.4. The van der Waals surface area contributed by atoms with E-state index in [0.29, 0.717) is 23.7 Å². The smallest absolute Gasteiger partial charge is 0.127 e. The summed E-state index contributed by atoms with van der Waals surface area (Å²) < 4.78 is 13.7. The number of rotatable bonds is 25. The van der Waals surface area contributed by atoms with Crippen molar-refractivity contribution in [2.24, 2.45) is 17.8 Å². The minimum Gasteiger partial charge on any atom is -0.457 e. The number of anilines is 6. The molecule has 602 valence electrons. The molecule has 0 saturated carbocycles. The highest BCUT2D eigenvalue weighted by molar-refractivity contribution is 5.92. The first-order valence-corrected chi connectivity index (χ1v) is 43.8. The first-order valence-electron chi connectivity index (χ1n) is 43.8. The van der Waals surface area contributed by atoms with Crippen molar-refractivity contribution in [3.8, 4) is 67.5 Å². The molecule has 0 fully saturated rings. The lowest BCUT2D eigenvalue weighted by molar-refractivity contribution is 0.365. The standard InChI is InChI=1S/C118H108N2O2/c1-80(2)75-110(82(5)6)89-43-65-102(66-44-89)121-104-69-55-95(56-70-104)118(93-49-47-90(48-50-93)115(8,9)10)112-34-24-22-32-107(112)109-74-64-101(77-114(109)118)120(99-61-41-88(42-62-99)86-27-17-13-18-28-86)97-57-37-84(38-58-97)79-116(11,78-81(3)4)91-51-67-103(68-52-91)122-105-71-53-94(54-72-105)117(92-45-35-83(7)36-46-92)111-33-23-21-31-106(111)108-73-63-100(76-113(108)117)119(96-29-19-14-20-30-96)98-59-39-87(40-60-98)85-25-15-12-16-26-85/h12-74,76-77,80-82,110H,75,78-79H2,1-11H3. The third-order valence-corrected chi connectivity index (χ3v) is 25.8. The fraction of sp³-hybridized carbons (Fsp3) is 0.186. The van der Waals surface area contributed by atoms with E-state index in [-0.39, 0.29) is 10.8 Å². The van der Waals surface area contributed by atoms with Crippen LogP contribution in [0.5, 0.6) is 23.0 Å². The highest BCUT2D eigenvalue weighted by Crippen LogP contribution is 2.60. The highest BCUT2D eigenvalue weighted by Gasteiger charge is 2.49. The summed E-state index contributed by atoms with van der Waals surface area (Å²) in [6, 6.07) is 146. The van der Waals surface area contributed by atoms with E-state index in [1.54, 1.807) is 0 Å². The van der Waals surface area contributed by atoms with Crippen LogP contribution in [0.2, 0.25) is 0 Å². The lowest BCUT2D eigenvalue weighted by atomic mass is 9.67. The van der Waals surface area contributed by atoms with Crippen molar-refractivity contribution >= 4 is 34.1 Å². The van der Waals surface area contributed by atoms with Crippen LogP contribution in [-0.4, -0.2) is 0 Å². The fourth-order valence-corrected chi connectivity index (χ4v) is 20.0. The van der Waals surface area contributed by atoms with Crippen LogP contribution in [-0.2, 0) is 28.1 Å². The summed E-state index contributed by atoms with van der Waals surface area (Å²) in [5.74, 6) is 5.33. The van der Waals surface area contributed by atoms with Gasteiger partial charge in [0, 0.05) is 34.1 Å². The Morgan fingerprint density at radius 1 is 0.295 bits per heavy atom. The van der Waals surface area contributed by atoms with Gasteiger partial charge in [-0.05, 0) is 293 Å². The summed E-state index contributed by atoms with van der Waals surface area (Å²) in [4.78, 5) is 4.85. The van der Waals surface area contributed by atoms with E-state index in [9.17, 15) is 0 Å². The third kappa shape index (κ3) is 15.4. The van der Waals surface area contributed by atoms with Gasteiger partial charge in [0.25, 0.3) is 0 Å². The number of hydrogen-bond donors (Lipinski definition) is 0. The molecule has 4 atom stereocenters. The van der Waals surface area contributed by atoms with Crippen molar-refractivity contribution in [3.63, 3.8) is 0 Å². The SMILES string of the molecule is Cc1ccc(C2(c3ccc(Oc4ccc(C(C)(Cc5ccc(N(c6ccc(-c7ccccc7)cc6)c6ccc7c(c6)C(c6ccc(Oc8ccc(C(CC(C)C)C(C)C)cc8)cc6)(c6ccc(C(C)(C)C)cc6)c6ccccc6-7)cc5)CC(C)C)cc4)cc3)c3ccccc3-c3ccc(N(c4ccccc4)c4ccc(-c5ccccc5)cc4)cc32)cc1. The summed E-state index contributed by atoms with van der Waals surface area (Å²) >= 11 is 0. The van der Waals surface area contributed by atoms with Crippen LogP contribution in [0.3, 0.4) is 0 Å². The molecule has 2 aliphatic carbocycles. The molecule has 4 nitrogen and oxygen atoms in total. The zero-order valence-electron chi connectivity index (χ0n) is 72.2. The Kier molecular flexibility index (Phi) is 21.8. The number of aryl methyl sites for hydroxylation is 1. The van der Waals surface area contributed by atoms with E-state index in [2.05, 4.69) is 480 Å². The molecular weight excluding hydrogens is 1480 g/mol. The zero-order chi connectivity index (χ0) is 83.9. The van der Waals surface area contributed by atoms with Gasteiger partial charge in [-0.25, -0.2) is 0 Å². The summed E-state index contributed by atoms with van der Waals surface area (Å²) in [6.45, 7) is 25.6. The Labute approximate surface area is 723 Å². The van der Waals surface area contributed by atoms with Gasteiger partial charge in [0.2, 0.25) is 0 Å². The number of fused-ring (bicyclic) bond motifs is 6. The molecule has 0 aliphatic heterocycles. The van der Waals surface area contributed by atoms with Gasteiger partial charge in [-0.15, -0.1) is 0 Å². The van der Waals surface area contributed by atoms with Crippen LogP contribution in [0.1, 0.15) is 160 Å². The van der Waals surface area contributed by atoms with E-state index in [4.69, 9.17) is 9.47 Å². The van der Waals surface area contributed by atoms with Crippen LogP contribution in [0.15, 0.2) is 394 Å². The Balaban J connectivity index is 0.658. The van der Waals surface area contributed by atoms with Gasteiger partial charge in [-0.3, -0.25) is 0 Å². The summed E-state index contributed by atoms with van der Waals surface area (Å²) in [5.41, 5.74) is 30.8. The van der Waals surface area contributed by atoms with Crippen molar-refractivity contribution in [1.82, 2.24) is 0 Å². The Morgan fingerprint density at radius 3 is 1.04 bits per heavy atom. The first kappa shape index (κ1) is 79.8. The largest absolute Gasteiger partial charge is 0.457 e. The molecule has 0 radical (unpaired) electrons. The average Bonchev–Trinajstić information content (AvgIpc) is 1.51. The fourth-order valence-electron chi connectivity index (χ4n) is 20.0. The molecular formula is C118H108N2O2.